The summed E-state index contributed by atoms with van der Waals surface area (Å²) < 4.78 is 6.99. The molecule has 2 atom stereocenters. The molecule has 2 heterocycles. The van der Waals surface area contributed by atoms with Crippen LogP contribution < -0.4 is 0 Å². The lowest BCUT2D eigenvalue weighted by Gasteiger charge is -2.44. The molecule has 2 aliphatic rings. The lowest BCUT2D eigenvalue weighted by molar-refractivity contribution is -0.150. The normalized spacial score (nSPS) is 25.3. The van der Waals surface area contributed by atoms with Crippen molar-refractivity contribution < 1.29 is 9.53 Å². The summed E-state index contributed by atoms with van der Waals surface area (Å²) in [7, 11) is 2.02. The smallest absolute Gasteiger partial charge is 0.237 e. The van der Waals surface area contributed by atoms with Crippen LogP contribution in [0.25, 0.3) is 0 Å². The van der Waals surface area contributed by atoms with Crippen molar-refractivity contribution in [3.8, 4) is 0 Å². The number of likely N-dealkylation sites (N-methyl/N-ethyl adjacent to an activating group) is 1. The second kappa shape index (κ2) is 7.43. The van der Waals surface area contributed by atoms with Gasteiger partial charge >= 0.3 is 0 Å². The van der Waals surface area contributed by atoms with Gasteiger partial charge in [-0.3, -0.25) is 9.69 Å². The molecule has 2 fully saturated rings. The molecular formula is C16H23BrN2O2S. The van der Waals surface area contributed by atoms with E-state index in [4.69, 9.17) is 4.74 Å². The second-order valence-electron chi connectivity index (χ2n) is 6.23. The van der Waals surface area contributed by atoms with Gasteiger partial charge in [0.25, 0.3) is 0 Å². The van der Waals surface area contributed by atoms with Gasteiger partial charge < -0.3 is 9.64 Å². The molecule has 1 aromatic heterocycles. The Morgan fingerprint density at radius 2 is 2.27 bits per heavy atom. The molecule has 1 saturated heterocycles. The number of hydrogen-bond acceptors (Lipinski definition) is 4. The number of nitrogens with zero attached hydrogens (tertiary/aromatic N) is 2. The van der Waals surface area contributed by atoms with Crippen LogP contribution in [0.4, 0.5) is 0 Å². The van der Waals surface area contributed by atoms with Crippen LogP contribution in [0, 0.1) is 0 Å². The largest absolute Gasteiger partial charge is 0.374 e. The number of amides is 1. The highest BCUT2D eigenvalue weighted by atomic mass is 79.9. The predicted molar refractivity (Wildman–Crippen MR) is 92.1 cm³/mol. The van der Waals surface area contributed by atoms with Crippen molar-refractivity contribution >= 4 is 33.2 Å². The van der Waals surface area contributed by atoms with Gasteiger partial charge in [-0.2, -0.15) is 0 Å². The molecule has 3 rings (SSSR count). The number of hydrogen-bond donors (Lipinski definition) is 0. The maximum absolute atomic E-state index is 12.7. The number of carbonyl (C=O) groups is 1. The van der Waals surface area contributed by atoms with Gasteiger partial charge in [-0.25, -0.2) is 0 Å². The lowest BCUT2D eigenvalue weighted by atomic mass is 9.90. The maximum atomic E-state index is 12.7. The average molecular weight is 387 g/mol. The molecule has 0 aromatic carbocycles. The first-order valence-electron chi connectivity index (χ1n) is 7.97. The minimum absolute atomic E-state index is 0.248. The fraction of sp³-hybridized carbons (Fsp3) is 0.688. The van der Waals surface area contributed by atoms with E-state index in [2.05, 4.69) is 37.9 Å². The quantitative estimate of drug-likeness (QED) is 0.796. The summed E-state index contributed by atoms with van der Waals surface area (Å²) in [6, 6.07) is 4.48. The molecule has 0 radical (unpaired) electrons. The SMILES string of the molecule is CN(CC(=O)N1CCOC2CCCCC21)Cc1ccc(Br)s1. The molecule has 1 amide bonds. The van der Waals surface area contributed by atoms with E-state index in [0.717, 1.165) is 29.7 Å². The van der Waals surface area contributed by atoms with Gasteiger partial charge in [-0.15, -0.1) is 11.3 Å². The molecule has 6 heteroatoms. The van der Waals surface area contributed by atoms with Crippen molar-refractivity contribution in [2.24, 2.45) is 0 Å². The van der Waals surface area contributed by atoms with E-state index >= 15 is 0 Å². The van der Waals surface area contributed by atoms with E-state index in [1.807, 2.05) is 7.05 Å². The van der Waals surface area contributed by atoms with Gasteiger partial charge in [0.05, 0.1) is 29.1 Å². The summed E-state index contributed by atoms with van der Waals surface area (Å²) in [6.07, 6.45) is 4.92. The van der Waals surface area contributed by atoms with Crippen LogP contribution in [-0.2, 0) is 16.1 Å². The van der Waals surface area contributed by atoms with E-state index in [-0.39, 0.29) is 12.0 Å². The third kappa shape index (κ3) is 3.91. The van der Waals surface area contributed by atoms with E-state index < -0.39 is 0 Å². The summed E-state index contributed by atoms with van der Waals surface area (Å²) >= 11 is 5.21. The first-order chi connectivity index (χ1) is 10.6. The molecule has 1 aliphatic carbocycles. The van der Waals surface area contributed by atoms with E-state index in [9.17, 15) is 4.79 Å². The van der Waals surface area contributed by atoms with Gasteiger partial charge in [0.1, 0.15) is 0 Å². The van der Waals surface area contributed by atoms with E-state index in [0.29, 0.717) is 19.2 Å². The molecule has 122 valence electrons. The topological polar surface area (TPSA) is 32.8 Å². The Kier molecular flexibility index (Phi) is 5.55. The third-order valence-corrected chi connectivity index (χ3v) is 6.12. The van der Waals surface area contributed by atoms with Crippen LogP contribution in [0.5, 0.6) is 0 Å². The summed E-state index contributed by atoms with van der Waals surface area (Å²) in [4.78, 5) is 18.1. The van der Waals surface area contributed by atoms with Gasteiger partial charge in [-0.1, -0.05) is 12.8 Å². The van der Waals surface area contributed by atoms with E-state index in [1.165, 1.54) is 17.7 Å². The molecule has 1 saturated carbocycles. The molecule has 1 aromatic rings. The Morgan fingerprint density at radius 3 is 3.05 bits per heavy atom. The summed E-state index contributed by atoms with van der Waals surface area (Å²) in [6.45, 7) is 2.74. The van der Waals surface area contributed by atoms with Gasteiger partial charge in [0.15, 0.2) is 0 Å². The Bertz CT molecular complexity index is 520. The maximum Gasteiger partial charge on any atom is 0.237 e. The van der Waals surface area contributed by atoms with Gasteiger partial charge in [0, 0.05) is 18.0 Å². The monoisotopic (exact) mass is 386 g/mol. The number of fused-ring (bicyclic) bond motifs is 1. The Morgan fingerprint density at radius 1 is 1.45 bits per heavy atom. The number of halogens is 1. The van der Waals surface area contributed by atoms with Crippen LogP contribution in [0.1, 0.15) is 30.6 Å². The summed E-state index contributed by atoms with van der Waals surface area (Å²) in [5, 5.41) is 0. The Balaban J connectivity index is 1.56. The third-order valence-electron chi connectivity index (χ3n) is 4.51. The summed E-state index contributed by atoms with van der Waals surface area (Å²) in [5.74, 6) is 0.248. The predicted octanol–water partition coefficient (Wildman–Crippen LogP) is 3.11. The fourth-order valence-electron chi connectivity index (χ4n) is 3.49. The van der Waals surface area contributed by atoms with Crippen LogP contribution in [-0.4, -0.2) is 54.6 Å². The van der Waals surface area contributed by atoms with Crippen LogP contribution in [0.3, 0.4) is 0 Å². The van der Waals surface area contributed by atoms with Gasteiger partial charge in [0.2, 0.25) is 5.91 Å². The van der Waals surface area contributed by atoms with Crippen LogP contribution in [0.15, 0.2) is 15.9 Å². The standard InChI is InChI=1S/C16H23BrN2O2S/c1-18(10-12-6-7-15(17)22-12)11-16(20)19-8-9-21-14-5-3-2-4-13(14)19/h6-7,13-14H,2-5,8-11H2,1H3. The zero-order valence-electron chi connectivity index (χ0n) is 13.0. The number of carbonyl (C=O) groups excluding carboxylic acids is 1. The fourth-order valence-corrected chi connectivity index (χ4v) is 5.05. The molecule has 0 bridgehead atoms. The number of thiophene rings is 1. The Labute approximate surface area is 144 Å². The average Bonchev–Trinajstić information content (AvgIpc) is 2.91. The van der Waals surface area contributed by atoms with Crippen LogP contribution >= 0.6 is 27.3 Å². The first kappa shape index (κ1) is 16.4. The molecule has 0 N–H and O–H groups in total. The molecular weight excluding hydrogens is 364 g/mol. The highest BCUT2D eigenvalue weighted by Crippen LogP contribution is 2.28. The van der Waals surface area contributed by atoms with Crippen molar-refractivity contribution in [1.82, 2.24) is 9.80 Å². The molecule has 0 spiro atoms. The second-order valence-corrected chi connectivity index (χ2v) is 8.77. The number of rotatable bonds is 4. The van der Waals surface area contributed by atoms with Crippen molar-refractivity contribution in [2.75, 3.05) is 26.7 Å². The highest BCUT2D eigenvalue weighted by Gasteiger charge is 2.36. The zero-order chi connectivity index (χ0) is 15.5. The van der Waals surface area contributed by atoms with Crippen molar-refractivity contribution in [1.29, 1.82) is 0 Å². The van der Waals surface area contributed by atoms with Gasteiger partial charge in [-0.05, 0) is 48.0 Å². The summed E-state index contributed by atoms with van der Waals surface area (Å²) in [5.41, 5.74) is 0. The highest BCUT2D eigenvalue weighted by molar-refractivity contribution is 9.11. The van der Waals surface area contributed by atoms with Crippen LogP contribution in [0.2, 0.25) is 0 Å². The van der Waals surface area contributed by atoms with E-state index in [1.54, 1.807) is 11.3 Å². The molecule has 4 nitrogen and oxygen atoms in total. The van der Waals surface area contributed by atoms with Crippen molar-refractivity contribution in [3.05, 3.63) is 20.8 Å². The van der Waals surface area contributed by atoms with Crippen molar-refractivity contribution in [3.63, 3.8) is 0 Å². The minimum atomic E-state index is 0.248. The van der Waals surface area contributed by atoms with Crippen molar-refractivity contribution in [2.45, 2.75) is 44.4 Å². The molecule has 22 heavy (non-hydrogen) atoms. The Hall–Kier alpha value is -0.430. The molecule has 1 aliphatic heterocycles. The first-order valence-corrected chi connectivity index (χ1v) is 9.58. The zero-order valence-corrected chi connectivity index (χ0v) is 15.4. The number of morpholine rings is 1. The lowest BCUT2D eigenvalue weighted by Crippen LogP contribution is -2.56. The molecule has 2 unspecified atom stereocenters. The number of ether oxygens (including phenoxy) is 1. The minimum Gasteiger partial charge on any atom is -0.374 e.